The Balaban J connectivity index is 1.73. The highest BCUT2D eigenvalue weighted by Crippen LogP contribution is 2.14. The topological polar surface area (TPSA) is 70.9 Å². The van der Waals surface area contributed by atoms with Crippen LogP contribution in [0.5, 0.6) is 0 Å². The molecule has 0 fully saturated rings. The fraction of sp³-hybridized carbons (Fsp3) is 0.143. The van der Waals surface area contributed by atoms with Crippen LogP contribution in [0, 0.1) is 6.92 Å². The zero-order valence-electron chi connectivity index (χ0n) is 10.4. The van der Waals surface area contributed by atoms with E-state index in [1.807, 2.05) is 37.3 Å². The van der Waals surface area contributed by atoms with Gasteiger partial charge < -0.3 is 14.7 Å². The number of hydrogen-bond donors (Lipinski definition) is 2. The summed E-state index contributed by atoms with van der Waals surface area (Å²) >= 11 is 0. The van der Waals surface area contributed by atoms with Crippen LogP contribution >= 0.6 is 0 Å². The third kappa shape index (κ3) is 2.35. The van der Waals surface area contributed by atoms with Crippen LogP contribution < -0.4 is 5.32 Å². The molecule has 2 heterocycles. The summed E-state index contributed by atoms with van der Waals surface area (Å²) in [6, 6.07) is 9.58. The fourth-order valence-corrected chi connectivity index (χ4v) is 1.93. The summed E-state index contributed by atoms with van der Waals surface area (Å²) in [6.07, 6.45) is 1.63. The largest absolute Gasteiger partial charge is 0.444 e. The fourth-order valence-electron chi connectivity index (χ4n) is 1.93. The third-order valence-corrected chi connectivity index (χ3v) is 2.84. The number of amides is 1. The van der Waals surface area contributed by atoms with Crippen LogP contribution in [0.2, 0.25) is 0 Å². The molecular weight excluding hydrogens is 242 g/mol. The van der Waals surface area contributed by atoms with Gasteiger partial charge in [0, 0.05) is 10.9 Å². The molecule has 0 bridgehead atoms. The number of nitrogens with zero attached hydrogens (tertiary/aromatic N) is 1. The molecule has 3 rings (SSSR count). The van der Waals surface area contributed by atoms with Crippen LogP contribution in [0.25, 0.3) is 10.9 Å². The number of aryl methyl sites for hydroxylation is 1. The lowest BCUT2D eigenvalue weighted by atomic mass is 10.2. The summed E-state index contributed by atoms with van der Waals surface area (Å²) in [7, 11) is 0. The third-order valence-electron chi connectivity index (χ3n) is 2.84. The molecule has 2 N–H and O–H groups in total. The van der Waals surface area contributed by atoms with E-state index in [1.165, 1.54) is 0 Å². The molecule has 0 aliphatic carbocycles. The molecule has 0 unspecified atom stereocenters. The number of aromatic amines is 1. The first kappa shape index (κ1) is 11.5. The maximum absolute atomic E-state index is 12.0. The van der Waals surface area contributed by atoms with Crippen molar-refractivity contribution in [2.75, 3.05) is 0 Å². The van der Waals surface area contributed by atoms with E-state index in [0.717, 1.165) is 16.7 Å². The van der Waals surface area contributed by atoms with Gasteiger partial charge in [0.15, 0.2) is 0 Å². The van der Waals surface area contributed by atoms with E-state index in [-0.39, 0.29) is 12.5 Å². The van der Waals surface area contributed by atoms with Crippen molar-refractivity contribution in [1.29, 1.82) is 0 Å². The average Bonchev–Trinajstić information content (AvgIpc) is 3.01. The van der Waals surface area contributed by atoms with E-state index in [1.54, 1.807) is 6.20 Å². The number of carbonyl (C=O) groups is 1. The van der Waals surface area contributed by atoms with E-state index in [9.17, 15) is 4.79 Å². The highest BCUT2D eigenvalue weighted by atomic mass is 16.4. The first-order valence-electron chi connectivity index (χ1n) is 5.99. The summed E-state index contributed by atoms with van der Waals surface area (Å²) < 4.78 is 5.29. The molecule has 0 radical (unpaired) electrons. The molecule has 0 aliphatic heterocycles. The molecular formula is C14H13N3O2. The molecule has 0 atom stereocenters. The predicted molar refractivity (Wildman–Crippen MR) is 70.7 cm³/mol. The van der Waals surface area contributed by atoms with Gasteiger partial charge in [-0.25, -0.2) is 4.98 Å². The van der Waals surface area contributed by atoms with Gasteiger partial charge in [-0.3, -0.25) is 4.79 Å². The van der Waals surface area contributed by atoms with E-state index in [0.29, 0.717) is 11.6 Å². The van der Waals surface area contributed by atoms with Crippen LogP contribution in [0.1, 0.15) is 22.1 Å². The van der Waals surface area contributed by atoms with Crippen molar-refractivity contribution in [2.45, 2.75) is 13.5 Å². The number of nitrogens with one attached hydrogen (secondary N) is 2. The van der Waals surface area contributed by atoms with Crippen molar-refractivity contribution in [3.05, 3.63) is 53.9 Å². The molecule has 0 spiro atoms. The highest BCUT2D eigenvalue weighted by molar-refractivity contribution is 5.97. The Morgan fingerprint density at radius 2 is 2.26 bits per heavy atom. The van der Waals surface area contributed by atoms with Gasteiger partial charge in [-0.2, -0.15) is 0 Å². The number of para-hydroxylation sites is 1. The van der Waals surface area contributed by atoms with E-state index in [4.69, 9.17) is 4.42 Å². The zero-order chi connectivity index (χ0) is 13.2. The molecule has 5 nitrogen and oxygen atoms in total. The Labute approximate surface area is 109 Å². The summed E-state index contributed by atoms with van der Waals surface area (Å²) in [4.78, 5) is 19.1. The second-order valence-corrected chi connectivity index (χ2v) is 4.32. The van der Waals surface area contributed by atoms with Gasteiger partial charge in [0.05, 0.1) is 12.7 Å². The molecule has 0 saturated heterocycles. The molecule has 2 aromatic heterocycles. The number of H-pyrrole nitrogens is 1. The summed E-state index contributed by atoms with van der Waals surface area (Å²) in [6.45, 7) is 2.10. The summed E-state index contributed by atoms with van der Waals surface area (Å²) in [5, 5.41) is 3.78. The number of carbonyl (C=O) groups excluding carboxylic acids is 1. The lowest BCUT2D eigenvalue weighted by Crippen LogP contribution is -2.23. The minimum absolute atomic E-state index is 0.174. The van der Waals surface area contributed by atoms with Crippen LogP contribution in [-0.2, 0) is 6.54 Å². The van der Waals surface area contributed by atoms with Gasteiger partial charge in [0.25, 0.3) is 5.91 Å². The van der Waals surface area contributed by atoms with Gasteiger partial charge in [-0.15, -0.1) is 0 Å². The Morgan fingerprint density at radius 3 is 3.00 bits per heavy atom. The lowest BCUT2D eigenvalue weighted by molar-refractivity contribution is 0.0943. The number of hydrogen-bond acceptors (Lipinski definition) is 3. The molecule has 0 saturated carbocycles. The Hall–Kier alpha value is -2.56. The Bertz CT molecular complexity index is 694. The van der Waals surface area contributed by atoms with E-state index < -0.39 is 0 Å². The smallest absolute Gasteiger partial charge is 0.268 e. The van der Waals surface area contributed by atoms with Crippen molar-refractivity contribution in [3.63, 3.8) is 0 Å². The number of fused-ring (bicyclic) bond motifs is 1. The quantitative estimate of drug-likeness (QED) is 0.755. The molecule has 5 heteroatoms. The van der Waals surface area contributed by atoms with Crippen molar-refractivity contribution in [1.82, 2.24) is 15.3 Å². The van der Waals surface area contributed by atoms with E-state index in [2.05, 4.69) is 15.3 Å². The zero-order valence-corrected chi connectivity index (χ0v) is 10.4. The monoisotopic (exact) mass is 255 g/mol. The van der Waals surface area contributed by atoms with Crippen molar-refractivity contribution in [3.8, 4) is 0 Å². The van der Waals surface area contributed by atoms with Gasteiger partial charge in [0.1, 0.15) is 11.5 Å². The van der Waals surface area contributed by atoms with Crippen LogP contribution in [-0.4, -0.2) is 15.9 Å². The molecule has 3 aromatic rings. The Kier molecular flexibility index (Phi) is 2.79. The van der Waals surface area contributed by atoms with E-state index >= 15 is 0 Å². The van der Waals surface area contributed by atoms with Crippen molar-refractivity contribution in [2.24, 2.45) is 0 Å². The minimum atomic E-state index is -0.174. The number of aromatic nitrogens is 2. The molecule has 1 amide bonds. The number of benzene rings is 1. The van der Waals surface area contributed by atoms with Crippen LogP contribution in [0.15, 0.2) is 40.9 Å². The second-order valence-electron chi connectivity index (χ2n) is 4.32. The second kappa shape index (κ2) is 4.61. The maximum atomic E-state index is 12.0. The van der Waals surface area contributed by atoms with Crippen molar-refractivity contribution < 1.29 is 9.21 Å². The highest BCUT2D eigenvalue weighted by Gasteiger charge is 2.10. The van der Waals surface area contributed by atoms with Gasteiger partial charge in [-0.1, -0.05) is 18.2 Å². The maximum Gasteiger partial charge on any atom is 0.268 e. The predicted octanol–water partition coefficient (Wildman–Crippen LogP) is 2.39. The SMILES string of the molecule is Cc1cnc(CNC(=O)c2cc3ccccc3[nH]2)o1. The van der Waals surface area contributed by atoms with Crippen molar-refractivity contribution >= 4 is 16.8 Å². The summed E-state index contributed by atoms with van der Waals surface area (Å²) in [5.41, 5.74) is 1.48. The first-order valence-corrected chi connectivity index (χ1v) is 5.99. The molecule has 1 aromatic carbocycles. The molecule has 0 aliphatic rings. The van der Waals surface area contributed by atoms with Gasteiger partial charge in [0.2, 0.25) is 5.89 Å². The summed E-state index contributed by atoms with van der Waals surface area (Å²) in [5.74, 6) is 1.06. The van der Waals surface area contributed by atoms with Crippen LogP contribution in [0.3, 0.4) is 0 Å². The lowest BCUT2D eigenvalue weighted by Gasteiger charge is -1.99. The van der Waals surface area contributed by atoms with Crippen LogP contribution in [0.4, 0.5) is 0 Å². The molecule has 19 heavy (non-hydrogen) atoms. The van der Waals surface area contributed by atoms with Gasteiger partial charge in [-0.05, 0) is 19.1 Å². The normalized spacial score (nSPS) is 10.8. The standard InChI is InChI=1S/C14H13N3O2/c1-9-7-15-13(19-9)8-16-14(18)12-6-10-4-2-3-5-11(10)17-12/h2-7,17H,8H2,1H3,(H,16,18). The average molecular weight is 255 g/mol. The van der Waals surface area contributed by atoms with Gasteiger partial charge >= 0.3 is 0 Å². The number of rotatable bonds is 3. The first-order chi connectivity index (χ1) is 9.22. The number of oxazole rings is 1. The molecule has 96 valence electrons. The Morgan fingerprint density at radius 1 is 1.42 bits per heavy atom. The minimum Gasteiger partial charge on any atom is -0.444 e.